The molecule has 0 aliphatic rings. The van der Waals surface area contributed by atoms with Gasteiger partial charge in [0.05, 0.1) is 6.26 Å². The van der Waals surface area contributed by atoms with Crippen molar-refractivity contribution in [2.75, 3.05) is 0 Å². The normalized spacial score (nSPS) is 12.9. The quantitative estimate of drug-likeness (QED) is 0.742. The van der Waals surface area contributed by atoms with Crippen LogP contribution in [0.2, 0.25) is 0 Å². The molecule has 0 radical (unpaired) electrons. The molecule has 0 fully saturated rings. The molecule has 1 aromatic carbocycles. The standard InChI is InChI=1S/C16H20O/c1-13(2)15(12-16-9-6-10-17-16)11-14-7-4-3-5-8-14/h3-10,13,15H,11-12H2,1-2H3. The molecule has 0 amide bonds. The van der Waals surface area contributed by atoms with Gasteiger partial charge in [0.1, 0.15) is 5.76 Å². The second kappa shape index (κ2) is 5.72. The zero-order valence-electron chi connectivity index (χ0n) is 10.6. The highest BCUT2D eigenvalue weighted by atomic mass is 16.3. The van der Waals surface area contributed by atoms with Gasteiger partial charge in [-0.1, -0.05) is 44.2 Å². The van der Waals surface area contributed by atoms with Gasteiger partial charge >= 0.3 is 0 Å². The van der Waals surface area contributed by atoms with Crippen LogP contribution in [0.25, 0.3) is 0 Å². The lowest BCUT2D eigenvalue weighted by molar-refractivity contribution is 0.349. The summed E-state index contributed by atoms with van der Waals surface area (Å²) >= 11 is 0. The Bertz CT molecular complexity index is 414. The molecule has 0 N–H and O–H groups in total. The van der Waals surface area contributed by atoms with Crippen molar-refractivity contribution in [2.45, 2.75) is 26.7 Å². The van der Waals surface area contributed by atoms with Gasteiger partial charge in [-0.05, 0) is 36.0 Å². The Morgan fingerprint density at radius 1 is 0.941 bits per heavy atom. The first kappa shape index (κ1) is 12.0. The molecule has 17 heavy (non-hydrogen) atoms. The highest BCUT2D eigenvalue weighted by Crippen LogP contribution is 2.22. The van der Waals surface area contributed by atoms with E-state index in [0.717, 1.165) is 18.6 Å². The predicted molar refractivity (Wildman–Crippen MR) is 70.9 cm³/mol. The van der Waals surface area contributed by atoms with Crippen LogP contribution in [0.5, 0.6) is 0 Å². The molecule has 0 saturated heterocycles. The van der Waals surface area contributed by atoms with E-state index in [-0.39, 0.29) is 0 Å². The van der Waals surface area contributed by atoms with Gasteiger partial charge in [-0.15, -0.1) is 0 Å². The minimum Gasteiger partial charge on any atom is -0.469 e. The van der Waals surface area contributed by atoms with Crippen LogP contribution >= 0.6 is 0 Å². The van der Waals surface area contributed by atoms with Crippen LogP contribution in [0.15, 0.2) is 53.1 Å². The molecule has 1 nitrogen and oxygen atoms in total. The van der Waals surface area contributed by atoms with E-state index in [4.69, 9.17) is 4.42 Å². The SMILES string of the molecule is CC(C)C(Cc1ccccc1)Cc1ccco1. The first-order chi connectivity index (χ1) is 8.25. The summed E-state index contributed by atoms with van der Waals surface area (Å²) in [5.74, 6) is 2.41. The fourth-order valence-corrected chi connectivity index (χ4v) is 2.15. The average molecular weight is 228 g/mol. The lowest BCUT2D eigenvalue weighted by Crippen LogP contribution is -2.14. The number of rotatable bonds is 5. The van der Waals surface area contributed by atoms with E-state index in [1.807, 2.05) is 6.07 Å². The van der Waals surface area contributed by atoms with Crippen LogP contribution in [0.3, 0.4) is 0 Å². The Labute approximate surface area is 103 Å². The van der Waals surface area contributed by atoms with Crippen molar-refractivity contribution in [3.63, 3.8) is 0 Å². The lowest BCUT2D eigenvalue weighted by atomic mass is 9.86. The smallest absolute Gasteiger partial charge is 0.104 e. The summed E-state index contributed by atoms with van der Waals surface area (Å²) in [6.45, 7) is 4.58. The van der Waals surface area contributed by atoms with Crippen LogP contribution < -0.4 is 0 Å². The van der Waals surface area contributed by atoms with E-state index >= 15 is 0 Å². The van der Waals surface area contributed by atoms with Crippen LogP contribution in [0.4, 0.5) is 0 Å². The molecular formula is C16H20O. The molecule has 0 spiro atoms. The van der Waals surface area contributed by atoms with Gasteiger partial charge in [-0.25, -0.2) is 0 Å². The van der Waals surface area contributed by atoms with Crippen molar-refractivity contribution in [2.24, 2.45) is 11.8 Å². The van der Waals surface area contributed by atoms with Gasteiger partial charge in [-0.2, -0.15) is 0 Å². The molecule has 0 bridgehead atoms. The maximum atomic E-state index is 5.45. The summed E-state index contributed by atoms with van der Waals surface area (Å²) in [6.07, 6.45) is 3.91. The van der Waals surface area contributed by atoms with Gasteiger partial charge in [0, 0.05) is 6.42 Å². The number of benzene rings is 1. The summed E-state index contributed by atoms with van der Waals surface area (Å²) in [7, 11) is 0. The van der Waals surface area contributed by atoms with E-state index < -0.39 is 0 Å². The topological polar surface area (TPSA) is 13.1 Å². The zero-order valence-corrected chi connectivity index (χ0v) is 10.6. The average Bonchev–Trinajstić information content (AvgIpc) is 2.82. The van der Waals surface area contributed by atoms with E-state index in [9.17, 15) is 0 Å². The molecule has 1 aromatic heterocycles. The summed E-state index contributed by atoms with van der Waals surface area (Å²) in [5.41, 5.74) is 1.41. The second-order valence-corrected chi connectivity index (χ2v) is 4.98. The Morgan fingerprint density at radius 2 is 1.71 bits per heavy atom. The molecule has 2 rings (SSSR count). The maximum absolute atomic E-state index is 5.45. The summed E-state index contributed by atoms with van der Waals surface area (Å²) in [4.78, 5) is 0. The van der Waals surface area contributed by atoms with Crippen molar-refractivity contribution < 1.29 is 4.42 Å². The Morgan fingerprint density at radius 3 is 2.29 bits per heavy atom. The molecule has 1 heteroatoms. The molecule has 1 unspecified atom stereocenters. The Hall–Kier alpha value is -1.50. The van der Waals surface area contributed by atoms with Crippen molar-refractivity contribution in [1.29, 1.82) is 0 Å². The number of hydrogen-bond acceptors (Lipinski definition) is 1. The van der Waals surface area contributed by atoms with E-state index in [2.05, 4.69) is 50.2 Å². The summed E-state index contributed by atoms with van der Waals surface area (Å²) in [6, 6.07) is 14.7. The molecular weight excluding hydrogens is 208 g/mol. The zero-order chi connectivity index (χ0) is 12.1. The van der Waals surface area contributed by atoms with E-state index in [1.165, 1.54) is 5.56 Å². The molecule has 2 aromatic rings. The first-order valence-corrected chi connectivity index (χ1v) is 6.32. The molecule has 0 aliphatic heterocycles. The maximum Gasteiger partial charge on any atom is 0.104 e. The van der Waals surface area contributed by atoms with Crippen molar-refractivity contribution in [3.8, 4) is 0 Å². The van der Waals surface area contributed by atoms with Gasteiger partial charge in [0.25, 0.3) is 0 Å². The second-order valence-electron chi connectivity index (χ2n) is 4.98. The van der Waals surface area contributed by atoms with Crippen LogP contribution in [0, 0.1) is 11.8 Å². The molecule has 0 aliphatic carbocycles. The first-order valence-electron chi connectivity index (χ1n) is 6.32. The summed E-state index contributed by atoms with van der Waals surface area (Å²) < 4.78 is 5.45. The molecule has 1 atom stereocenters. The number of furan rings is 1. The van der Waals surface area contributed by atoms with Gasteiger partial charge in [0.15, 0.2) is 0 Å². The monoisotopic (exact) mass is 228 g/mol. The van der Waals surface area contributed by atoms with Crippen LogP contribution in [-0.4, -0.2) is 0 Å². The Balaban J connectivity index is 2.03. The fourth-order valence-electron chi connectivity index (χ4n) is 2.15. The minimum absolute atomic E-state index is 0.642. The third kappa shape index (κ3) is 3.48. The van der Waals surface area contributed by atoms with Crippen molar-refractivity contribution in [1.82, 2.24) is 0 Å². The predicted octanol–water partition coefficient (Wildman–Crippen LogP) is 4.34. The third-order valence-electron chi connectivity index (χ3n) is 3.33. The van der Waals surface area contributed by atoms with E-state index in [1.54, 1.807) is 6.26 Å². The Kier molecular flexibility index (Phi) is 4.03. The lowest BCUT2D eigenvalue weighted by Gasteiger charge is -2.19. The van der Waals surface area contributed by atoms with E-state index in [0.29, 0.717) is 11.8 Å². The van der Waals surface area contributed by atoms with Gasteiger partial charge in [0.2, 0.25) is 0 Å². The fraction of sp³-hybridized carbons (Fsp3) is 0.375. The van der Waals surface area contributed by atoms with Crippen molar-refractivity contribution in [3.05, 3.63) is 60.1 Å². The van der Waals surface area contributed by atoms with Gasteiger partial charge < -0.3 is 4.42 Å². The van der Waals surface area contributed by atoms with Crippen LogP contribution in [0.1, 0.15) is 25.2 Å². The molecule has 1 heterocycles. The molecule has 0 saturated carbocycles. The van der Waals surface area contributed by atoms with Crippen LogP contribution in [-0.2, 0) is 12.8 Å². The molecule has 90 valence electrons. The van der Waals surface area contributed by atoms with Gasteiger partial charge in [-0.3, -0.25) is 0 Å². The highest BCUT2D eigenvalue weighted by Gasteiger charge is 2.16. The minimum atomic E-state index is 0.642. The number of hydrogen-bond donors (Lipinski definition) is 0. The largest absolute Gasteiger partial charge is 0.469 e. The third-order valence-corrected chi connectivity index (χ3v) is 3.33. The summed E-state index contributed by atoms with van der Waals surface area (Å²) in [5, 5.41) is 0. The highest BCUT2D eigenvalue weighted by molar-refractivity contribution is 5.16. The van der Waals surface area contributed by atoms with Crippen molar-refractivity contribution >= 4 is 0 Å².